The van der Waals surface area contributed by atoms with E-state index in [2.05, 4.69) is 65.7 Å². The molecule has 0 amide bonds. The quantitative estimate of drug-likeness (QED) is 0.196. The summed E-state index contributed by atoms with van der Waals surface area (Å²) in [6.45, 7) is 4.37. The zero-order valence-corrected chi connectivity index (χ0v) is 21.2. The van der Waals surface area contributed by atoms with Gasteiger partial charge in [-0.25, -0.2) is 9.31 Å². The first-order chi connectivity index (χ1) is 17.6. The largest absolute Gasteiger partial charge is 0.461 e. The highest BCUT2D eigenvalue weighted by Crippen LogP contribution is 2.35. The Bertz CT molecular complexity index is 1540. The van der Waals surface area contributed by atoms with Crippen molar-refractivity contribution in [2.24, 2.45) is 0 Å². The fraction of sp³-hybridized carbons (Fsp3) is 0.214. The lowest BCUT2D eigenvalue weighted by Gasteiger charge is -2.10. The van der Waals surface area contributed by atoms with Gasteiger partial charge in [0.25, 0.3) is 0 Å². The van der Waals surface area contributed by atoms with Crippen LogP contribution in [0, 0.1) is 6.92 Å². The van der Waals surface area contributed by atoms with Gasteiger partial charge in [0.05, 0.1) is 30.2 Å². The molecule has 2 heterocycles. The maximum absolute atomic E-state index is 12.8. The molecule has 0 aliphatic carbocycles. The number of thioether (sulfide) groups is 1. The fourth-order valence-electron chi connectivity index (χ4n) is 4.22. The van der Waals surface area contributed by atoms with Crippen LogP contribution in [0.4, 0.5) is 0 Å². The Morgan fingerprint density at radius 3 is 2.56 bits per heavy atom. The molecule has 5 aromatic rings. The Morgan fingerprint density at radius 1 is 1.00 bits per heavy atom. The number of carbonyl (C=O) groups excluding carboxylic acids is 1. The molecular formula is C28H26N4O3S. The first kappa shape index (κ1) is 24.0. The van der Waals surface area contributed by atoms with Crippen LogP contribution in [0.3, 0.4) is 0 Å². The van der Waals surface area contributed by atoms with Crippen molar-refractivity contribution in [3.05, 3.63) is 89.4 Å². The molecule has 3 aromatic carbocycles. The number of hydrogen-bond donors (Lipinski definition) is 0. The normalized spacial score (nSPS) is 11.3. The number of aryl methyl sites for hydroxylation is 1. The van der Waals surface area contributed by atoms with Crippen molar-refractivity contribution in [3.8, 4) is 11.1 Å². The number of ether oxygens (including phenoxy) is 2. The minimum Gasteiger partial charge on any atom is -0.461 e. The lowest BCUT2D eigenvalue weighted by molar-refractivity contribution is 0.0516. The first-order valence-electron chi connectivity index (χ1n) is 11.7. The summed E-state index contributed by atoms with van der Waals surface area (Å²) in [4.78, 5) is 13.9. The van der Waals surface area contributed by atoms with E-state index in [0.717, 1.165) is 32.5 Å². The van der Waals surface area contributed by atoms with Crippen LogP contribution in [0.5, 0.6) is 0 Å². The number of benzene rings is 3. The van der Waals surface area contributed by atoms with Crippen LogP contribution in [-0.2, 0) is 21.8 Å². The maximum Gasteiger partial charge on any atom is 0.360 e. The number of nitrogens with zero attached hydrogens (tertiary/aromatic N) is 4. The first-order valence-corrected chi connectivity index (χ1v) is 12.7. The molecule has 8 heteroatoms. The van der Waals surface area contributed by atoms with Crippen molar-refractivity contribution in [3.63, 3.8) is 0 Å². The molecular weight excluding hydrogens is 472 g/mol. The van der Waals surface area contributed by atoms with Gasteiger partial charge in [0.1, 0.15) is 0 Å². The minimum absolute atomic E-state index is 0.167. The van der Waals surface area contributed by atoms with Crippen LogP contribution in [0.15, 0.2) is 71.6 Å². The van der Waals surface area contributed by atoms with Gasteiger partial charge in [0, 0.05) is 17.8 Å². The van der Waals surface area contributed by atoms with E-state index in [-0.39, 0.29) is 12.3 Å². The number of carbonyl (C=O) groups is 1. The lowest BCUT2D eigenvalue weighted by atomic mass is 9.98. The minimum atomic E-state index is -0.512. The SMILES string of the molecule is CCOC(=O)c1nnc2c(-c3cccc4ccccc34)c(COC)nn2c1CSc1ccc(C)cc1. The van der Waals surface area contributed by atoms with E-state index in [9.17, 15) is 4.79 Å². The van der Waals surface area contributed by atoms with E-state index >= 15 is 0 Å². The summed E-state index contributed by atoms with van der Waals surface area (Å²) in [6.07, 6.45) is 0. The second-order valence-electron chi connectivity index (χ2n) is 8.33. The summed E-state index contributed by atoms with van der Waals surface area (Å²) in [7, 11) is 1.64. The van der Waals surface area contributed by atoms with E-state index in [0.29, 0.717) is 23.7 Å². The number of rotatable bonds is 8. The van der Waals surface area contributed by atoms with E-state index < -0.39 is 5.97 Å². The molecule has 0 atom stereocenters. The zero-order valence-electron chi connectivity index (χ0n) is 20.4. The van der Waals surface area contributed by atoms with Gasteiger partial charge in [-0.2, -0.15) is 5.10 Å². The molecule has 36 heavy (non-hydrogen) atoms. The molecule has 0 unspecified atom stereocenters. The lowest BCUT2D eigenvalue weighted by Crippen LogP contribution is -2.16. The molecule has 0 fully saturated rings. The van der Waals surface area contributed by atoms with E-state index in [1.165, 1.54) is 5.56 Å². The van der Waals surface area contributed by atoms with E-state index in [4.69, 9.17) is 14.6 Å². The van der Waals surface area contributed by atoms with Gasteiger partial charge in [0.2, 0.25) is 0 Å². The number of aromatic nitrogens is 4. The highest BCUT2D eigenvalue weighted by molar-refractivity contribution is 7.98. The average molecular weight is 499 g/mol. The highest BCUT2D eigenvalue weighted by Gasteiger charge is 2.25. The Morgan fingerprint density at radius 2 is 1.78 bits per heavy atom. The third kappa shape index (κ3) is 4.57. The number of methoxy groups -OCH3 is 1. The summed E-state index contributed by atoms with van der Waals surface area (Å²) < 4.78 is 12.5. The van der Waals surface area contributed by atoms with Crippen LogP contribution in [0.1, 0.15) is 34.4 Å². The predicted molar refractivity (Wildman–Crippen MR) is 141 cm³/mol. The van der Waals surface area contributed by atoms with Gasteiger partial charge in [-0.15, -0.1) is 22.0 Å². The summed E-state index contributed by atoms with van der Waals surface area (Å²) >= 11 is 1.61. The molecule has 0 bridgehead atoms. The molecule has 7 nitrogen and oxygen atoms in total. The Kier molecular flexibility index (Phi) is 6.97. The smallest absolute Gasteiger partial charge is 0.360 e. The molecule has 0 saturated heterocycles. The maximum atomic E-state index is 12.8. The van der Waals surface area contributed by atoms with Crippen molar-refractivity contribution >= 4 is 34.2 Å². The fourth-order valence-corrected chi connectivity index (χ4v) is 5.11. The second kappa shape index (κ2) is 10.5. The summed E-state index contributed by atoms with van der Waals surface area (Å²) in [5.41, 5.74) is 5.13. The molecule has 0 N–H and O–H groups in total. The Balaban J connectivity index is 1.71. The van der Waals surface area contributed by atoms with Crippen LogP contribution >= 0.6 is 11.8 Å². The van der Waals surface area contributed by atoms with Crippen LogP contribution in [0.25, 0.3) is 27.5 Å². The van der Waals surface area contributed by atoms with Crippen molar-refractivity contribution in [2.45, 2.75) is 31.1 Å². The summed E-state index contributed by atoms with van der Waals surface area (Å²) in [5, 5.41) is 15.9. The van der Waals surface area contributed by atoms with Crippen molar-refractivity contribution in [2.75, 3.05) is 13.7 Å². The topological polar surface area (TPSA) is 78.6 Å². The zero-order chi connectivity index (χ0) is 25.1. The molecule has 0 spiro atoms. The van der Waals surface area contributed by atoms with Gasteiger partial charge < -0.3 is 9.47 Å². The molecule has 0 radical (unpaired) electrons. The number of fused-ring (bicyclic) bond motifs is 2. The predicted octanol–water partition coefficient (Wildman–Crippen LogP) is 5.87. The summed E-state index contributed by atoms with van der Waals surface area (Å²) in [5.74, 6) is -0.0475. The third-order valence-corrected chi connectivity index (χ3v) is 6.94. The van der Waals surface area contributed by atoms with E-state index in [1.54, 1.807) is 30.3 Å². The molecule has 0 saturated carbocycles. The van der Waals surface area contributed by atoms with Gasteiger partial charge in [-0.3, -0.25) is 0 Å². The van der Waals surface area contributed by atoms with Gasteiger partial charge in [0.15, 0.2) is 11.3 Å². The van der Waals surface area contributed by atoms with Crippen molar-refractivity contribution < 1.29 is 14.3 Å². The van der Waals surface area contributed by atoms with E-state index in [1.807, 2.05) is 18.2 Å². The Labute approximate surface area is 213 Å². The molecule has 0 aliphatic heterocycles. The average Bonchev–Trinajstić information content (AvgIpc) is 3.26. The van der Waals surface area contributed by atoms with Crippen LogP contribution in [0.2, 0.25) is 0 Å². The molecule has 182 valence electrons. The molecule has 5 rings (SSSR count). The van der Waals surface area contributed by atoms with Crippen molar-refractivity contribution in [1.29, 1.82) is 0 Å². The third-order valence-electron chi connectivity index (χ3n) is 5.91. The highest BCUT2D eigenvalue weighted by atomic mass is 32.2. The second-order valence-corrected chi connectivity index (χ2v) is 9.38. The number of esters is 1. The van der Waals surface area contributed by atoms with Gasteiger partial charge >= 0.3 is 5.97 Å². The standard InChI is InChI=1S/C28H26N4O3S/c1-4-35-28(33)26-24(17-36-20-14-12-18(2)13-15-20)32-27(30-29-26)25(23(31-32)16-34-3)22-11-7-9-19-8-5-6-10-21(19)22/h5-15H,4,16-17H2,1-3H3. The van der Waals surface area contributed by atoms with Crippen molar-refractivity contribution in [1.82, 2.24) is 19.8 Å². The number of hydrogen-bond acceptors (Lipinski definition) is 7. The monoisotopic (exact) mass is 498 g/mol. The molecule has 0 aliphatic rings. The molecule has 2 aromatic heterocycles. The van der Waals surface area contributed by atoms with Gasteiger partial charge in [-0.1, -0.05) is 60.2 Å². The van der Waals surface area contributed by atoms with Crippen LogP contribution in [-0.4, -0.2) is 39.5 Å². The van der Waals surface area contributed by atoms with Crippen LogP contribution < -0.4 is 0 Å². The summed E-state index contributed by atoms with van der Waals surface area (Å²) in [6, 6.07) is 22.6. The van der Waals surface area contributed by atoms with Gasteiger partial charge in [-0.05, 0) is 42.3 Å². The Hall–Kier alpha value is -3.75.